The molecule has 2 N–H and O–H groups in total. The summed E-state index contributed by atoms with van der Waals surface area (Å²) in [6, 6.07) is 7.69. The fourth-order valence-electron chi connectivity index (χ4n) is 3.47. The highest BCUT2D eigenvalue weighted by atomic mass is 127. The molecule has 3 nitrogen and oxygen atoms in total. The second kappa shape index (κ2) is 8.31. The standard InChI is InChI=1S/C18H26FN3.HI/c1-20-17(22-14-7-3-2-4-8-14)21-13-18(11-12-18)15-9-5-6-10-16(15)19;/h5-6,9-10,14H,2-4,7-8,11-13H2,1H3,(H2,20,21,22);1H. The molecule has 2 aliphatic rings. The minimum absolute atomic E-state index is 0. The molecule has 1 aromatic rings. The SMILES string of the molecule is CN=C(NCC1(c2ccccc2F)CC1)NC1CCCCC1.I. The summed E-state index contributed by atoms with van der Waals surface area (Å²) in [6.45, 7) is 0.750. The zero-order valence-corrected chi connectivity index (χ0v) is 16.1. The molecule has 1 aromatic carbocycles. The lowest BCUT2D eigenvalue weighted by atomic mass is 9.95. The monoisotopic (exact) mass is 431 g/mol. The Morgan fingerprint density at radius 1 is 1.22 bits per heavy atom. The van der Waals surface area contributed by atoms with Crippen LogP contribution < -0.4 is 10.6 Å². The van der Waals surface area contributed by atoms with Gasteiger partial charge < -0.3 is 10.6 Å². The highest BCUT2D eigenvalue weighted by Crippen LogP contribution is 2.48. The van der Waals surface area contributed by atoms with Crippen LogP contribution in [0.25, 0.3) is 0 Å². The van der Waals surface area contributed by atoms with Crippen molar-refractivity contribution in [3.63, 3.8) is 0 Å². The van der Waals surface area contributed by atoms with Crippen LogP contribution in [-0.4, -0.2) is 25.6 Å². The highest BCUT2D eigenvalue weighted by molar-refractivity contribution is 14.0. The summed E-state index contributed by atoms with van der Waals surface area (Å²) in [7, 11) is 1.81. The lowest BCUT2D eigenvalue weighted by Gasteiger charge is -2.26. The average Bonchev–Trinajstić information content (AvgIpc) is 3.34. The summed E-state index contributed by atoms with van der Waals surface area (Å²) in [6.07, 6.45) is 8.48. The molecule has 0 atom stereocenters. The molecular weight excluding hydrogens is 404 g/mol. The van der Waals surface area contributed by atoms with E-state index >= 15 is 0 Å². The average molecular weight is 431 g/mol. The molecular formula is C18H27FIN3. The largest absolute Gasteiger partial charge is 0.356 e. The van der Waals surface area contributed by atoms with E-state index in [1.807, 2.05) is 12.1 Å². The van der Waals surface area contributed by atoms with Crippen LogP contribution in [0.3, 0.4) is 0 Å². The molecule has 0 saturated heterocycles. The summed E-state index contributed by atoms with van der Waals surface area (Å²) < 4.78 is 14.0. The van der Waals surface area contributed by atoms with Crippen LogP contribution in [0.4, 0.5) is 4.39 Å². The first-order valence-corrected chi connectivity index (χ1v) is 8.46. The molecule has 2 fully saturated rings. The van der Waals surface area contributed by atoms with Gasteiger partial charge in [0, 0.05) is 25.0 Å². The number of rotatable bonds is 4. The number of guanidine groups is 1. The van der Waals surface area contributed by atoms with Crippen molar-refractivity contribution in [2.75, 3.05) is 13.6 Å². The molecule has 0 radical (unpaired) electrons. The van der Waals surface area contributed by atoms with E-state index in [1.165, 1.54) is 32.1 Å². The van der Waals surface area contributed by atoms with E-state index < -0.39 is 0 Å². The van der Waals surface area contributed by atoms with Gasteiger partial charge in [-0.3, -0.25) is 4.99 Å². The molecule has 3 rings (SSSR count). The Bertz CT molecular complexity index is 537. The van der Waals surface area contributed by atoms with Gasteiger partial charge in [0.1, 0.15) is 5.82 Å². The van der Waals surface area contributed by atoms with Gasteiger partial charge in [-0.25, -0.2) is 4.39 Å². The van der Waals surface area contributed by atoms with Crippen LogP contribution in [0.1, 0.15) is 50.5 Å². The van der Waals surface area contributed by atoms with E-state index in [0.717, 1.165) is 30.9 Å². The molecule has 0 heterocycles. The van der Waals surface area contributed by atoms with Gasteiger partial charge in [0.15, 0.2) is 5.96 Å². The third kappa shape index (κ3) is 4.58. The summed E-state index contributed by atoms with van der Waals surface area (Å²) in [4.78, 5) is 4.33. The summed E-state index contributed by atoms with van der Waals surface area (Å²) in [5, 5.41) is 6.93. The van der Waals surface area contributed by atoms with E-state index in [-0.39, 0.29) is 35.2 Å². The molecule has 128 valence electrons. The number of nitrogens with one attached hydrogen (secondary N) is 2. The molecule has 2 aliphatic carbocycles. The van der Waals surface area contributed by atoms with Crippen molar-refractivity contribution < 1.29 is 4.39 Å². The number of halogens is 2. The summed E-state index contributed by atoms with van der Waals surface area (Å²) in [5.74, 6) is 0.770. The van der Waals surface area contributed by atoms with Crippen LogP contribution in [0.2, 0.25) is 0 Å². The lowest BCUT2D eigenvalue weighted by Crippen LogP contribution is -2.46. The Morgan fingerprint density at radius 3 is 2.52 bits per heavy atom. The third-order valence-corrected chi connectivity index (χ3v) is 5.06. The molecule has 0 amide bonds. The maximum atomic E-state index is 14.0. The van der Waals surface area contributed by atoms with Crippen molar-refractivity contribution in [3.05, 3.63) is 35.6 Å². The fourth-order valence-corrected chi connectivity index (χ4v) is 3.47. The van der Waals surface area contributed by atoms with Crippen LogP contribution in [0.15, 0.2) is 29.3 Å². The van der Waals surface area contributed by atoms with Crippen LogP contribution in [-0.2, 0) is 5.41 Å². The van der Waals surface area contributed by atoms with Gasteiger partial charge in [-0.2, -0.15) is 0 Å². The minimum Gasteiger partial charge on any atom is -0.356 e. The second-order valence-electron chi connectivity index (χ2n) is 6.67. The highest BCUT2D eigenvalue weighted by Gasteiger charge is 2.45. The zero-order valence-electron chi connectivity index (χ0n) is 13.8. The van der Waals surface area contributed by atoms with E-state index in [2.05, 4.69) is 15.6 Å². The minimum atomic E-state index is -0.0861. The van der Waals surface area contributed by atoms with Gasteiger partial charge in [-0.15, -0.1) is 24.0 Å². The first-order chi connectivity index (χ1) is 10.7. The van der Waals surface area contributed by atoms with Gasteiger partial charge >= 0.3 is 0 Å². The van der Waals surface area contributed by atoms with Crippen molar-refractivity contribution >= 4 is 29.9 Å². The van der Waals surface area contributed by atoms with Crippen LogP contribution in [0.5, 0.6) is 0 Å². The van der Waals surface area contributed by atoms with Crippen molar-refractivity contribution in [1.29, 1.82) is 0 Å². The van der Waals surface area contributed by atoms with Crippen molar-refractivity contribution in [2.45, 2.75) is 56.4 Å². The first-order valence-electron chi connectivity index (χ1n) is 8.46. The number of hydrogen-bond acceptors (Lipinski definition) is 1. The third-order valence-electron chi connectivity index (χ3n) is 5.06. The second-order valence-corrected chi connectivity index (χ2v) is 6.67. The normalized spacial score (nSPS) is 20.5. The Balaban J connectivity index is 0.00000192. The molecule has 0 spiro atoms. The Labute approximate surface area is 155 Å². The van der Waals surface area contributed by atoms with Gasteiger partial charge in [0.05, 0.1) is 0 Å². The number of nitrogens with zero attached hydrogens (tertiary/aromatic N) is 1. The smallest absolute Gasteiger partial charge is 0.191 e. The van der Waals surface area contributed by atoms with Crippen molar-refractivity contribution in [2.24, 2.45) is 4.99 Å². The molecule has 5 heteroatoms. The van der Waals surface area contributed by atoms with E-state index in [9.17, 15) is 4.39 Å². The molecule has 23 heavy (non-hydrogen) atoms. The molecule has 0 aliphatic heterocycles. The Kier molecular flexibility index (Phi) is 6.68. The van der Waals surface area contributed by atoms with Crippen molar-refractivity contribution in [1.82, 2.24) is 10.6 Å². The number of aliphatic imine (C=N–C) groups is 1. The Morgan fingerprint density at radius 2 is 1.91 bits per heavy atom. The molecule has 2 saturated carbocycles. The zero-order chi connectivity index (χ0) is 15.4. The van der Waals surface area contributed by atoms with Crippen LogP contribution >= 0.6 is 24.0 Å². The topological polar surface area (TPSA) is 36.4 Å². The predicted octanol–water partition coefficient (Wildman–Crippen LogP) is 3.97. The Hall–Kier alpha value is -0.850. The fraction of sp³-hybridized carbons (Fsp3) is 0.611. The first kappa shape index (κ1) is 18.5. The molecule has 0 unspecified atom stereocenters. The van der Waals surface area contributed by atoms with Gasteiger partial charge in [-0.05, 0) is 37.3 Å². The van der Waals surface area contributed by atoms with E-state index in [4.69, 9.17) is 0 Å². The maximum Gasteiger partial charge on any atom is 0.191 e. The van der Waals surface area contributed by atoms with Gasteiger partial charge in [0.25, 0.3) is 0 Å². The van der Waals surface area contributed by atoms with E-state index in [0.29, 0.717) is 6.04 Å². The van der Waals surface area contributed by atoms with Gasteiger partial charge in [-0.1, -0.05) is 37.5 Å². The lowest BCUT2D eigenvalue weighted by molar-refractivity contribution is 0.409. The number of hydrogen-bond donors (Lipinski definition) is 2. The van der Waals surface area contributed by atoms with E-state index in [1.54, 1.807) is 19.2 Å². The quantitative estimate of drug-likeness (QED) is 0.430. The van der Waals surface area contributed by atoms with Crippen LogP contribution in [0, 0.1) is 5.82 Å². The molecule has 0 bridgehead atoms. The summed E-state index contributed by atoms with van der Waals surface area (Å²) >= 11 is 0. The predicted molar refractivity (Wildman–Crippen MR) is 104 cm³/mol. The molecule has 0 aromatic heterocycles. The number of benzene rings is 1. The van der Waals surface area contributed by atoms with Crippen molar-refractivity contribution in [3.8, 4) is 0 Å². The maximum absolute atomic E-state index is 14.0. The van der Waals surface area contributed by atoms with Gasteiger partial charge in [0.2, 0.25) is 0 Å². The summed E-state index contributed by atoms with van der Waals surface area (Å²) in [5.41, 5.74) is 0.797.